The number of aromatic nitrogens is 3. The van der Waals surface area contributed by atoms with Crippen LogP contribution in [0.3, 0.4) is 0 Å². The van der Waals surface area contributed by atoms with Gasteiger partial charge >= 0.3 is 0 Å². The molecule has 112 valence electrons. The van der Waals surface area contributed by atoms with E-state index in [9.17, 15) is 0 Å². The maximum Gasteiger partial charge on any atom is 0.218 e. The third kappa shape index (κ3) is 3.30. The maximum absolute atomic E-state index is 5.84. The number of hydrogen-bond acceptors (Lipinski definition) is 7. The number of rotatable bonds is 4. The van der Waals surface area contributed by atoms with Gasteiger partial charge in [-0.05, 0) is 13.8 Å². The topological polar surface area (TPSA) is 60.4 Å². The Labute approximate surface area is 127 Å². The SMILES string of the molecule is CCOc1cc(N2CCO[C@H](c3nc(C)cs3)C2)ncn1. The van der Waals surface area contributed by atoms with E-state index in [-0.39, 0.29) is 6.10 Å². The predicted molar refractivity (Wildman–Crippen MR) is 81.0 cm³/mol. The molecule has 0 N–H and O–H groups in total. The third-order valence-corrected chi connectivity index (χ3v) is 4.28. The first-order valence-electron chi connectivity index (χ1n) is 6.99. The van der Waals surface area contributed by atoms with Gasteiger partial charge in [0.25, 0.3) is 0 Å². The minimum absolute atomic E-state index is 0.00274. The Morgan fingerprint density at radius 1 is 1.48 bits per heavy atom. The molecule has 1 aliphatic rings. The molecule has 0 aliphatic carbocycles. The molecule has 0 radical (unpaired) electrons. The smallest absolute Gasteiger partial charge is 0.218 e. The fourth-order valence-electron chi connectivity index (χ4n) is 2.26. The lowest BCUT2D eigenvalue weighted by Gasteiger charge is -2.32. The predicted octanol–water partition coefficient (Wildman–Crippen LogP) is 2.22. The highest BCUT2D eigenvalue weighted by Crippen LogP contribution is 2.28. The number of aryl methyl sites for hydroxylation is 1. The summed E-state index contributed by atoms with van der Waals surface area (Å²) < 4.78 is 11.3. The lowest BCUT2D eigenvalue weighted by atomic mass is 10.2. The summed E-state index contributed by atoms with van der Waals surface area (Å²) in [5, 5.41) is 3.08. The van der Waals surface area contributed by atoms with Crippen LogP contribution in [0.5, 0.6) is 5.88 Å². The van der Waals surface area contributed by atoms with Gasteiger partial charge in [0.2, 0.25) is 5.88 Å². The van der Waals surface area contributed by atoms with Crippen LogP contribution in [0, 0.1) is 6.92 Å². The standard InChI is InChI=1S/C14H18N4O2S/c1-3-19-13-6-12(15-9-16-13)18-4-5-20-11(7-18)14-17-10(2)8-21-14/h6,8-9,11H,3-5,7H2,1-2H3/t11-/m0/s1. The second kappa shape index (κ2) is 6.36. The van der Waals surface area contributed by atoms with Gasteiger partial charge in [0, 0.05) is 23.7 Å². The molecule has 0 aromatic carbocycles. The number of ether oxygens (including phenoxy) is 2. The number of thiazole rings is 1. The average molecular weight is 306 g/mol. The quantitative estimate of drug-likeness (QED) is 0.863. The first-order valence-corrected chi connectivity index (χ1v) is 7.87. The molecule has 1 saturated heterocycles. The van der Waals surface area contributed by atoms with Crippen LogP contribution < -0.4 is 9.64 Å². The van der Waals surface area contributed by atoms with Crippen molar-refractivity contribution in [3.8, 4) is 5.88 Å². The van der Waals surface area contributed by atoms with Crippen molar-refractivity contribution in [2.75, 3.05) is 31.2 Å². The van der Waals surface area contributed by atoms with Gasteiger partial charge in [-0.2, -0.15) is 0 Å². The Morgan fingerprint density at radius 2 is 2.38 bits per heavy atom. The van der Waals surface area contributed by atoms with Crippen LogP contribution in [0.1, 0.15) is 23.7 Å². The van der Waals surface area contributed by atoms with Crippen molar-refractivity contribution < 1.29 is 9.47 Å². The normalized spacial score (nSPS) is 18.8. The molecule has 0 saturated carbocycles. The fourth-order valence-corrected chi connectivity index (χ4v) is 3.09. The maximum atomic E-state index is 5.84. The highest BCUT2D eigenvalue weighted by atomic mass is 32.1. The van der Waals surface area contributed by atoms with Crippen LogP contribution in [0.4, 0.5) is 5.82 Å². The third-order valence-electron chi connectivity index (χ3n) is 3.22. The molecule has 0 spiro atoms. The molecule has 2 aromatic heterocycles. The van der Waals surface area contributed by atoms with E-state index in [0.717, 1.165) is 29.6 Å². The minimum Gasteiger partial charge on any atom is -0.478 e. The highest BCUT2D eigenvalue weighted by molar-refractivity contribution is 7.09. The number of nitrogens with zero attached hydrogens (tertiary/aromatic N) is 4. The van der Waals surface area contributed by atoms with Gasteiger partial charge in [-0.15, -0.1) is 11.3 Å². The Kier molecular flexibility index (Phi) is 4.31. The zero-order valence-corrected chi connectivity index (χ0v) is 13.0. The molecule has 0 bridgehead atoms. The zero-order valence-electron chi connectivity index (χ0n) is 12.2. The van der Waals surface area contributed by atoms with E-state index in [4.69, 9.17) is 9.47 Å². The van der Waals surface area contributed by atoms with E-state index in [1.807, 2.05) is 19.9 Å². The van der Waals surface area contributed by atoms with Crippen LogP contribution in [0.25, 0.3) is 0 Å². The first-order chi connectivity index (χ1) is 10.3. The molecule has 3 rings (SSSR count). The molecule has 2 aromatic rings. The summed E-state index contributed by atoms with van der Waals surface area (Å²) >= 11 is 1.64. The van der Waals surface area contributed by atoms with Crippen molar-refractivity contribution in [3.63, 3.8) is 0 Å². The van der Waals surface area contributed by atoms with Gasteiger partial charge in [-0.25, -0.2) is 15.0 Å². The second-order valence-electron chi connectivity index (χ2n) is 4.78. The summed E-state index contributed by atoms with van der Waals surface area (Å²) in [4.78, 5) is 15.2. The van der Waals surface area contributed by atoms with Gasteiger partial charge < -0.3 is 14.4 Å². The molecule has 1 aliphatic heterocycles. The Hall–Kier alpha value is -1.73. The summed E-state index contributed by atoms with van der Waals surface area (Å²) in [6, 6.07) is 1.87. The molecular weight excluding hydrogens is 288 g/mol. The molecule has 7 heteroatoms. The van der Waals surface area contributed by atoms with E-state index < -0.39 is 0 Å². The Balaban J connectivity index is 1.75. The number of morpholine rings is 1. The van der Waals surface area contributed by atoms with Crippen LogP contribution in [0.15, 0.2) is 17.8 Å². The number of hydrogen-bond donors (Lipinski definition) is 0. The Bertz CT molecular complexity index is 604. The zero-order chi connectivity index (χ0) is 14.7. The molecule has 21 heavy (non-hydrogen) atoms. The van der Waals surface area contributed by atoms with Crippen molar-refractivity contribution in [2.45, 2.75) is 20.0 Å². The van der Waals surface area contributed by atoms with Crippen LogP contribution in [-0.2, 0) is 4.74 Å². The summed E-state index contributed by atoms with van der Waals surface area (Å²) in [5.74, 6) is 1.48. The first kappa shape index (κ1) is 14.2. The second-order valence-corrected chi connectivity index (χ2v) is 5.67. The largest absolute Gasteiger partial charge is 0.478 e. The number of anilines is 1. The Morgan fingerprint density at radius 3 is 3.14 bits per heavy atom. The molecule has 1 fully saturated rings. The van der Waals surface area contributed by atoms with Crippen molar-refractivity contribution >= 4 is 17.2 Å². The molecule has 6 nitrogen and oxygen atoms in total. The summed E-state index contributed by atoms with van der Waals surface area (Å²) in [6.45, 7) is 6.76. The van der Waals surface area contributed by atoms with E-state index in [1.54, 1.807) is 17.7 Å². The van der Waals surface area contributed by atoms with Gasteiger partial charge in [-0.1, -0.05) is 0 Å². The van der Waals surface area contributed by atoms with Crippen LogP contribution in [0.2, 0.25) is 0 Å². The van der Waals surface area contributed by atoms with Gasteiger partial charge in [-0.3, -0.25) is 0 Å². The average Bonchev–Trinajstić information content (AvgIpc) is 2.95. The van der Waals surface area contributed by atoms with Gasteiger partial charge in [0.1, 0.15) is 23.3 Å². The molecule has 3 heterocycles. The minimum atomic E-state index is 0.00274. The van der Waals surface area contributed by atoms with Crippen LogP contribution >= 0.6 is 11.3 Å². The van der Waals surface area contributed by atoms with Gasteiger partial charge in [0.05, 0.1) is 19.8 Å². The van der Waals surface area contributed by atoms with Crippen molar-refractivity contribution in [3.05, 3.63) is 28.5 Å². The highest BCUT2D eigenvalue weighted by Gasteiger charge is 2.25. The molecule has 0 unspecified atom stereocenters. The molecule has 1 atom stereocenters. The fraction of sp³-hybridized carbons (Fsp3) is 0.500. The summed E-state index contributed by atoms with van der Waals surface area (Å²) in [5.41, 5.74) is 1.04. The lowest BCUT2D eigenvalue weighted by Crippen LogP contribution is -2.38. The van der Waals surface area contributed by atoms with E-state index in [1.165, 1.54) is 0 Å². The van der Waals surface area contributed by atoms with Gasteiger partial charge in [0.15, 0.2) is 0 Å². The summed E-state index contributed by atoms with van der Waals surface area (Å²) in [7, 11) is 0. The van der Waals surface area contributed by atoms with Crippen molar-refractivity contribution in [1.82, 2.24) is 15.0 Å². The van der Waals surface area contributed by atoms with Crippen LogP contribution in [-0.4, -0.2) is 41.3 Å². The molecular formula is C14H18N4O2S. The molecule has 0 amide bonds. The monoisotopic (exact) mass is 306 g/mol. The van der Waals surface area contributed by atoms with Crippen molar-refractivity contribution in [1.29, 1.82) is 0 Å². The van der Waals surface area contributed by atoms with E-state index in [0.29, 0.717) is 19.1 Å². The van der Waals surface area contributed by atoms with E-state index in [2.05, 4.69) is 25.2 Å². The van der Waals surface area contributed by atoms with Crippen molar-refractivity contribution in [2.24, 2.45) is 0 Å². The lowest BCUT2D eigenvalue weighted by molar-refractivity contribution is 0.0393. The summed E-state index contributed by atoms with van der Waals surface area (Å²) in [6.07, 6.45) is 1.54. The van der Waals surface area contributed by atoms with E-state index >= 15 is 0 Å².